The van der Waals surface area contributed by atoms with E-state index >= 15 is 0 Å². The highest BCUT2D eigenvalue weighted by Crippen LogP contribution is 2.24. The van der Waals surface area contributed by atoms with Gasteiger partial charge in [-0.25, -0.2) is 4.98 Å². The first kappa shape index (κ1) is 11.6. The molecule has 0 saturated carbocycles. The summed E-state index contributed by atoms with van der Waals surface area (Å²) in [5.41, 5.74) is 4.05. The molecule has 0 spiro atoms. The van der Waals surface area contributed by atoms with E-state index in [1.54, 1.807) is 11.3 Å². The van der Waals surface area contributed by atoms with Gasteiger partial charge in [-0.2, -0.15) is 0 Å². The average molecular weight is 253 g/mol. The van der Waals surface area contributed by atoms with Crippen molar-refractivity contribution in [1.29, 1.82) is 0 Å². The summed E-state index contributed by atoms with van der Waals surface area (Å²) < 4.78 is 0. The first-order valence-electron chi connectivity index (χ1n) is 5.18. The maximum absolute atomic E-state index is 6.00. The van der Waals surface area contributed by atoms with Gasteiger partial charge in [0.05, 0.1) is 17.2 Å². The third-order valence-corrected chi connectivity index (χ3v) is 3.18. The Kier molecular flexibility index (Phi) is 3.93. The largest absolute Gasteiger partial charge is 0.305 e. The summed E-state index contributed by atoms with van der Waals surface area (Å²) in [6, 6.07) is 8.03. The zero-order valence-electron chi connectivity index (χ0n) is 8.98. The van der Waals surface area contributed by atoms with E-state index in [2.05, 4.69) is 28.7 Å². The molecule has 1 aromatic heterocycles. The summed E-state index contributed by atoms with van der Waals surface area (Å²) in [7, 11) is 0. The smallest absolute Gasteiger partial charge is 0.0795 e. The molecule has 2 aromatic rings. The normalized spacial score (nSPS) is 12.6. The number of nitrogens with zero attached hydrogens (tertiary/aromatic N) is 1. The number of aromatic nitrogens is 1. The molecule has 1 heterocycles. The summed E-state index contributed by atoms with van der Waals surface area (Å²) in [6.45, 7) is 2.98. The van der Waals surface area contributed by atoms with Crippen LogP contribution in [0.5, 0.6) is 0 Å². The second-order valence-electron chi connectivity index (χ2n) is 3.46. The van der Waals surface area contributed by atoms with Crippen molar-refractivity contribution in [2.45, 2.75) is 13.0 Å². The fourth-order valence-corrected chi connectivity index (χ4v) is 2.43. The maximum atomic E-state index is 6.00. The molecule has 0 aliphatic carbocycles. The van der Waals surface area contributed by atoms with Crippen LogP contribution in [-0.2, 0) is 0 Å². The molecule has 2 nitrogen and oxygen atoms in total. The first-order chi connectivity index (χ1) is 7.81. The summed E-state index contributed by atoms with van der Waals surface area (Å²) in [6.07, 6.45) is 0. The maximum Gasteiger partial charge on any atom is 0.0795 e. The Hall–Kier alpha value is -0.900. The Morgan fingerprint density at radius 3 is 3.00 bits per heavy atom. The van der Waals surface area contributed by atoms with Gasteiger partial charge >= 0.3 is 0 Å². The minimum Gasteiger partial charge on any atom is -0.305 e. The molecule has 1 atom stereocenters. The number of benzene rings is 1. The van der Waals surface area contributed by atoms with E-state index in [1.807, 2.05) is 23.7 Å². The zero-order chi connectivity index (χ0) is 11.4. The molecule has 0 saturated heterocycles. The van der Waals surface area contributed by atoms with Crippen molar-refractivity contribution in [3.63, 3.8) is 0 Å². The highest BCUT2D eigenvalue weighted by atomic mass is 35.5. The highest BCUT2D eigenvalue weighted by molar-refractivity contribution is 7.07. The molecule has 0 fully saturated rings. The number of halogens is 1. The molecule has 0 bridgehead atoms. The fraction of sp³-hybridized carbons (Fsp3) is 0.250. The second-order valence-corrected chi connectivity index (χ2v) is 4.61. The van der Waals surface area contributed by atoms with Gasteiger partial charge in [-0.3, -0.25) is 0 Å². The molecule has 0 aliphatic heterocycles. The van der Waals surface area contributed by atoms with Gasteiger partial charge in [0.15, 0.2) is 0 Å². The van der Waals surface area contributed by atoms with Crippen molar-refractivity contribution >= 4 is 22.9 Å². The molecule has 1 aromatic carbocycles. The molecule has 84 valence electrons. The van der Waals surface area contributed by atoms with E-state index in [1.165, 1.54) is 0 Å². The molecule has 16 heavy (non-hydrogen) atoms. The number of hydrogen-bond donors (Lipinski definition) is 1. The van der Waals surface area contributed by atoms with Crippen molar-refractivity contribution < 1.29 is 0 Å². The average Bonchev–Trinajstić information content (AvgIpc) is 2.79. The van der Waals surface area contributed by atoms with Crippen molar-refractivity contribution in [1.82, 2.24) is 10.3 Å². The molecule has 0 amide bonds. The van der Waals surface area contributed by atoms with Gasteiger partial charge in [0, 0.05) is 10.4 Å². The molecule has 1 unspecified atom stereocenters. The van der Waals surface area contributed by atoms with Gasteiger partial charge in [0.2, 0.25) is 0 Å². The van der Waals surface area contributed by atoms with E-state index < -0.39 is 0 Å². The monoisotopic (exact) mass is 252 g/mol. The summed E-state index contributed by atoms with van der Waals surface area (Å²) in [5.74, 6) is 0. The topological polar surface area (TPSA) is 24.9 Å². The van der Waals surface area contributed by atoms with Crippen LogP contribution in [0.2, 0.25) is 5.02 Å². The Morgan fingerprint density at radius 2 is 2.38 bits per heavy atom. The molecule has 0 radical (unpaired) electrons. The predicted molar refractivity (Wildman–Crippen MR) is 69.1 cm³/mol. The Morgan fingerprint density at radius 1 is 1.50 bits per heavy atom. The second kappa shape index (κ2) is 5.43. The van der Waals surface area contributed by atoms with Crippen molar-refractivity contribution in [3.8, 4) is 0 Å². The summed E-state index contributed by atoms with van der Waals surface area (Å²) in [4.78, 5) is 4.35. The van der Waals surface area contributed by atoms with E-state index in [9.17, 15) is 0 Å². The molecule has 0 aliphatic rings. The van der Waals surface area contributed by atoms with Crippen LogP contribution in [0.3, 0.4) is 0 Å². The highest BCUT2D eigenvalue weighted by Gasteiger charge is 2.14. The van der Waals surface area contributed by atoms with Crippen LogP contribution in [-0.4, -0.2) is 11.5 Å². The van der Waals surface area contributed by atoms with Gasteiger partial charge in [-0.15, -0.1) is 11.3 Å². The lowest BCUT2D eigenvalue weighted by atomic mass is 10.0. The van der Waals surface area contributed by atoms with Gasteiger partial charge in [0.1, 0.15) is 0 Å². The standard InChI is InChI=1S/C12H13ClN2S/c1-2-14-12(11-7-16-8-15-11)9-4-3-5-10(13)6-9/h3-8,12,14H,2H2,1H3. The minimum absolute atomic E-state index is 0.134. The predicted octanol–water partition coefficient (Wildman–Crippen LogP) is 3.50. The van der Waals surface area contributed by atoms with Gasteiger partial charge in [-0.1, -0.05) is 30.7 Å². The lowest BCUT2D eigenvalue weighted by molar-refractivity contribution is 0.619. The SMILES string of the molecule is CCNC(c1cccc(Cl)c1)c1cscn1. The Balaban J connectivity index is 2.33. The Labute approximate surface area is 104 Å². The van der Waals surface area contributed by atoms with E-state index in [4.69, 9.17) is 11.6 Å². The van der Waals surface area contributed by atoms with Gasteiger partial charge in [0.25, 0.3) is 0 Å². The van der Waals surface area contributed by atoms with Crippen LogP contribution in [0.4, 0.5) is 0 Å². The van der Waals surface area contributed by atoms with E-state index in [0.717, 1.165) is 22.8 Å². The molecule has 1 N–H and O–H groups in total. The fourth-order valence-electron chi connectivity index (χ4n) is 1.65. The quantitative estimate of drug-likeness (QED) is 0.901. The number of nitrogens with one attached hydrogen (secondary N) is 1. The van der Waals surface area contributed by atoms with Crippen LogP contribution < -0.4 is 5.32 Å². The number of hydrogen-bond acceptors (Lipinski definition) is 3. The van der Waals surface area contributed by atoms with Crippen molar-refractivity contribution in [2.75, 3.05) is 6.54 Å². The van der Waals surface area contributed by atoms with Crippen molar-refractivity contribution in [3.05, 3.63) is 51.4 Å². The first-order valence-corrected chi connectivity index (χ1v) is 6.50. The van der Waals surface area contributed by atoms with E-state index in [-0.39, 0.29) is 6.04 Å². The third-order valence-electron chi connectivity index (χ3n) is 2.34. The minimum atomic E-state index is 0.134. The summed E-state index contributed by atoms with van der Waals surface area (Å²) in [5, 5.41) is 6.24. The van der Waals surface area contributed by atoms with Crippen LogP contribution in [0.25, 0.3) is 0 Å². The molecule has 2 rings (SSSR count). The lowest BCUT2D eigenvalue weighted by Crippen LogP contribution is -2.22. The van der Waals surface area contributed by atoms with E-state index in [0.29, 0.717) is 0 Å². The number of thiazole rings is 1. The zero-order valence-corrected chi connectivity index (χ0v) is 10.6. The lowest BCUT2D eigenvalue weighted by Gasteiger charge is -2.16. The molecular weight excluding hydrogens is 240 g/mol. The van der Waals surface area contributed by atoms with Crippen LogP contribution in [0, 0.1) is 0 Å². The van der Waals surface area contributed by atoms with Crippen molar-refractivity contribution in [2.24, 2.45) is 0 Å². The molecule has 4 heteroatoms. The van der Waals surface area contributed by atoms with Crippen LogP contribution in [0.1, 0.15) is 24.2 Å². The number of rotatable bonds is 4. The van der Waals surface area contributed by atoms with Gasteiger partial charge in [-0.05, 0) is 24.2 Å². The molecular formula is C12H13ClN2S. The third kappa shape index (κ3) is 2.61. The van der Waals surface area contributed by atoms with Gasteiger partial charge < -0.3 is 5.32 Å². The van der Waals surface area contributed by atoms with Crippen LogP contribution >= 0.6 is 22.9 Å². The van der Waals surface area contributed by atoms with Crippen LogP contribution in [0.15, 0.2) is 35.2 Å². The summed E-state index contributed by atoms with van der Waals surface area (Å²) >= 11 is 7.61. The Bertz CT molecular complexity index is 442.